The molecule has 0 spiro atoms. The number of nitrogens with zero attached hydrogens (tertiary/aromatic N) is 1. The summed E-state index contributed by atoms with van der Waals surface area (Å²) in [6, 6.07) is 15.6. The van der Waals surface area contributed by atoms with Gasteiger partial charge in [0, 0.05) is 12.1 Å². The van der Waals surface area contributed by atoms with Crippen molar-refractivity contribution in [2.24, 2.45) is 0 Å². The fourth-order valence-corrected chi connectivity index (χ4v) is 4.75. The zero-order valence-corrected chi connectivity index (χ0v) is 16.2. The van der Waals surface area contributed by atoms with E-state index in [-0.39, 0.29) is 17.2 Å². The van der Waals surface area contributed by atoms with Crippen LogP contribution in [0.1, 0.15) is 65.2 Å². The third kappa shape index (κ3) is 2.97. The van der Waals surface area contributed by atoms with E-state index < -0.39 is 5.91 Å². The lowest BCUT2D eigenvalue weighted by Crippen LogP contribution is -2.12. The Morgan fingerprint density at radius 2 is 1.69 bits per heavy atom. The molecular formula is C24H24N2O3. The minimum Gasteiger partial charge on any atom is -0.505 e. The first kappa shape index (κ1) is 17.9. The second-order valence-corrected chi connectivity index (χ2v) is 8.05. The van der Waals surface area contributed by atoms with Crippen molar-refractivity contribution >= 4 is 11.6 Å². The number of aromatic nitrogens is 1. The van der Waals surface area contributed by atoms with Gasteiger partial charge in [0.1, 0.15) is 5.56 Å². The zero-order chi connectivity index (χ0) is 20.0. The molecule has 148 valence electrons. The molecular weight excluding hydrogens is 364 g/mol. The van der Waals surface area contributed by atoms with E-state index in [1.165, 1.54) is 37.7 Å². The minimum absolute atomic E-state index is 0.0779. The summed E-state index contributed by atoms with van der Waals surface area (Å²) >= 11 is 0. The second kappa shape index (κ2) is 6.99. The van der Waals surface area contributed by atoms with Gasteiger partial charge in [-0.15, -0.1) is 0 Å². The Hall–Kier alpha value is -3.21. The lowest BCUT2D eigenvalue weighted by Gasteiger charge is -2.22. The number of aromatic hydroxyl groups is 2. The molecule has 1 saturated carbocycles. The molecule has 0 bridgehead atoms. The van der Waals surface area contributed by atoms with E-state index >= 15 is 0 Å². The average Bonchev–Trinajstić information content (AvgIpc) is 3.25. The molecule has 5 nitrogen and oxygen atoms in total. The highest BCUT2D eigenvalue weighted by Crippen LogP contribution is 2.43. The third-order valence-electron chi connectivity index (χ3n) is 6.28. The average molecular weight is 388 g/mol. The predicted molar refractivity (Wildman–Crippen MR) is 112 cm³/mol. The first-order valence-corrected chi connectivity index (χ1v) is 10.3. The van der Waals surface area contributed by atoms with Gasteiger partial charge in [-0.2, -0.15) is 0 Å². The van der Waals surface area contributed by atoms with Crippen LogP contribution in [0.25, 0.3) is 5.69 Å². The number of carbonyl (C=O) groups excluding carboxylic acids is 1. The Balaban J connectivity index is 1.38. The lowest BCUT2D eigenvalue weighted by molar-refractivity contribution is 0.102. The highest BCUT2D eigenvalue weighted by atomic mass is 16.3. The SMILES string of the molecule is O=C(Nc1ccc(C2CCCCC2)cc1)c1c(O)c2n(c1O)-c1ccccc1C2. The van der Waals surface area contributed by atoms with Gasteiger partial charge in [-0.1, -0.05) is 49.6 Å². The van der Waals surface area contributed by atoms with Crippen LogP contribution in [0.5, 0.6) is 11.6 Å². The van der Waals surface area contributed by atoms with E-state index in [9.17, 15) is 15.0 Å². The molecule has 1 aliphatic carbocycles. The van der Waals surface area contributed by atoms with Crippen LogP contribution < -0.4 is 5.32 Å². The molecule has 29 heavy (non-hydrogen) atoms. The third-order valence-corrected chi connectivity index (χ3v) is 6.28. The van der Waals surface area contributed by atoms with Crippen molar-refractivity contribution in [3.8, 4) is 17.3 Å². The molecule has 1 fully saturated rings. The molecule has 0 radical (unpaired) electrons. The fourth-order valence-electron chi connectivity index (χ4n) is 4.75. The Labute approximate surface area is 169 Å². The number of rotatable bonds is 3. The number of fused-ring (bicyclic) bond motifs is 3. The minimum atomic E-state index is -0.509. The van der Waals surface area contributed by atoms with Gasteiger partial charge in [-0.05, 0) is 48.1 Å². The highest BCUT2D eigenvalue weighted by molar-refractivity contribution is 6.08. The summed E-state index contributed by atoms with van der Waals surface area (Å²) in [5.41, 5.74) is 4.24. The molecule has 0 saturated heterocycles. The molecule has 5 heteroatoms. The van der Waals surface area contributed by atoms with Crippen molar-refractivity contribution in [2.45, 2.75) is 44.4 Å². The summed E-state index contributed by atoms with van der Waals surface area (Å²) in [5.74, 6) is -0.283. The van der Waals surface area contributed by atoms with E-state index in [4.69, 9.17) is 0 Å². The largest absolute Gasteiger partial charge is 0.505 e. The van der Waals surface area contributed by atoms with Crippen LogP contribution >= 0.6 is 0 Å². The summed E-state index contributed by atoms with van der Waals surface area (Å²) in [4.78, 5) is 12.8. The van der Waals surface area contributed by atoms with Crippen LogP contribution in [-0.2, 0) is 6.42 Å². The van der Waals surface area contributed by atoms with Crippen LogP contribution in [-0.4, -0.2) is 20.7 Å². The molecule has 3 N–H and O–H groups in total. The van der Waals surface area contributed by atoms with Crippen LogP contribution in [0.4, 0.5) is 5.69 Å². The molecule has 2 aliphatic rings. The van der Waals surface area contributed by atoms with Gasteiger partial charge < -0.3 is 15.5 Å². The van der Waals surface area contributed by atoms with Crippen LogP contribution in [0.2, 0.25) is 0 Å². The smallest absolute Gasteiger partial charge is 0.264 e. The molecule has 1 aliphatic heterocycles. The molecule has 2 aromatic carbocycles. The molecule has 0 unspecified atom stereocenters. The van der Waals surface area contributed by atoms with Crippen molar-refractivity contribution in [3.63, 3.8) is 0 Å². The maximum Gasteiger partial charge on any atom is 0.264 e. The van der Waals surface area contributed by atoms with E-state index in [0.717, 1.165) is 11.3 Å². The van der Waals surface area contributed by atoms with Crippen LogP contribution in [0, 0.1) is 0 Å². The number of anilines is 1. The Bertz CT molecular complexity index is 1080. The molecule has 1 amide bonds. The van der Waals surface area contributed by atoms with Crippen LogP contribution in [0.3, 0.4) is 0 Å². The first-order valence-electron chi connectivity index (χ1n) is 10.3. The molecule has 0 atom stereocenters. The fraction of sp³-hybridized carbons (Fsp3) is 0.292. The zero-order valence-electron chi connectivity index (χ0n) is 16.2. The monoisotopic (exact) mass is 388 g/mol. The summed E-state index contributed by atoms with van der Waals surface area (Å²) in [6.45, 7) is 0. The van der Waals surface area contributed by atoms with Gasteiger partial charge in [0.25, 0.3) is 5.91 Å². The lowest BCUT2D eigenvalue weighted by atomic mass is 9.84. The quantitative estimate of drug-likeness (QED) is 0.457. The summed E-state index contributed by atoms with van der Waals surface area (Å²) in [6.07, 6.45) is 6.83. The van der Waals surface area contributed by atoms with Crippen molar-refractivity contribution in [1.82, 2.24) is 4.57 Å². The van der Waals surface area contributed by atoms with E-state index in [0.29, 0.717) is 23.7 Å². The maximum atomic E-state index is 12.8. The van der Waals surface area contributed by atoms with Gasteiger partial charge in [0.2, 0.25) is 5.88 Å². The summed E-state index contributed by atoms with van der Waals surface area (Å²) in [5, 5.41) is 24.1. The molecule has 5 rings (SSSR count). The number of amides is 1. The van der Waals surface area contributed by atoms with Gasteiger partial charge >= 0.3 is 0 Å². The number of hydrogen-bond donors (Lipinski definition) is 3. The summed E-state index contributed by atoms with van der Waals surface area (Å²) in [7, 11) is 0. The normalized spacial score (nSPS) is 15.7. The van der Waals surface area contributed by atoms with Crippen molar-refractivity contribution in [3.05, 3.63) is 70.9 Å². The highest BCUT2D eigenvalue weighted by Gasteiger charge is 2.32. The van der Waals surface area contributed by atoms with Crippen molar-refractivity contribution < 1.29 is 15.0 Å². The Morgan fingerprint density at radius 1 is 0.966 bits per heavy atom. The topological polar surface area (TPSA) is 74.5 Å². The van der Waals surface area contributed by atoms with E-state index in [1.54, 1.807) is 4.57 Å². The molecule has 2 heterocycles. The van der Waals surface area contributed by atoms with Gasteiger partial charge in [-0.25, -0.2) is 0 Å². The van der Waals surface area contributed by atoms with Crippen molar-refractivity contribution in [1.29, 1.82) is 0 Å². The maximum absolute atomic E-state index is 12.8. The van der Waals surface area contributed by atoms with Gasteiger partial charge in [0.05, 0.1) is 11.4 Å². The van der Waals surface area contributed by atoms with Gasteiger partial charge in [0.15, 0.2) is 5.75 Å². The van der Waals surface area contributed by atoms with Crippen LogP contribution in [0.15, 0.2) is 48.5 Å². The van der Waals surface area contributed by atoms with E-state index in [1.807, 2.05) is 36.4 Å². The number of benzene rings is 2. The number of carbonyl (C=O) groups is 1. The molecule has 1 aromatic heterocycles. The summed E-state index contributed by atoms with van der Waals surface area (Å²) < 4.78 is 1.56. The standard InChI is InChI=1S/C24H24N2O3/c27-22-20-14-17-8-4-5-9-19(17)26(20)24(29)21(22)23(28)25-18-12-10-16(11-13-18)15-6-2-1-3-7-15/h4-5,8-13,15,27,29H,1-3,6-7,14H2,(H,25,28). The van der Waals surface area contributed by atoms with E-state index in [2.05, 4.69) is 17.4 Å². The number of para-hydroxylation sites is 1. The number of nitrogens with one attached hydrogen (secondary N) is 1. The van der Waals surface area contributed by atoms with Crippen molar-refractivity contribution in [2.75, 3.05) is 5.32 Å². The number of hydrogen-bond acceptors (Lipinski definition) is 3. The van der Waals surface area contributed by atoms with Gasteiger partial charge in [-0.3, -0.25) is 9.36 Å². The second-order valence-electron chi connectivity index (χ2n) is 8.05. The predicted octanol–water partition coefficient (Wildman–Crippen LogP) is 5.09. The Morgan fingerprint density at radius 3 is 2.45 bits per heavy atom. The Kier molecular flexibility index (Phi) is 4.31. The first-order chi connectivity index (χ1) is 14.1. The molecule has 3 aromatic rings.